The van der Waals surface area contributed by atoms with E-state index in [1.54, 1.807) is 0 Å². The van der Waals surface area contributed by atoms with Crippen LogP contribution in [-0.2, 0) is 0 Å². The van der Waals surface area contributed by atoms with E-state index >= 15 is 0 Å². The lowest BCUT2D eigenvalue weighted by Crippen LogP contribution is -2.39. The van der Waals surface area contributed by atoms with Crippen molar-refractivity contribution in [3.05, 3.63) is 0 Å². The molecule has 2 fully saturated rings. The first-order valence-electron chi connectivity index (χ1n) is 6.70. The summed E-state index contributed by atoms with van der Waals surface area (Å²) in [5.74, 6) is 0.960. The van der Waals surface area contributed by atoms with Crippen molar-refractivity contribution in [2.24, 2.45) is 5.92 Å². The van der Waals surface area contributed by atoms with Gasteiger partial charge in [0.05, 0.1) is 0 Å². The Labute approximate surface area is 94.4 Å². The van der Waals surface area contributed by atoms with Crippen molar-refractivity contribution in [3.63, 3.8) is 0 Å². The maximum atomic E-state index is 3.50. The average Bonchev–Trinajstić information content (AvgIpc) is 2.53. The van der Waals surface area contributed by atoms with E-state index in [0.29, 0.717) is 0 Å². The third kappa shape index (κ3) is 2.94. The zero-order valence-electron chi connectivity index (χ0n) is 10.3. The van der Waals surface area contributed by atoms with Crippen LogP contribution in [0.4, 0.5) is 0 Å². The molecule has 15 heavy (non-hydrogen) atoms. The smallest absolute Gasteiger partial charge is 0.0108 e. The predicted molar refractivity (Wildman–Crippen MR) is 65.1 cm³/mol. The van der Waals surface area contributed by atoms with E-state index in [-0.39, 0.29) is 0 Å². The lowest BCUT2D eigenvalue weighted by atomic mass is 10.0. The van der Waals surface area contributed by atoms with Gasteiger partial charge in [-0.1, -0.05) is 6.92 Å². The Hall–Kier alpha value is -0.0800. The normalized spacial score (nSPS) is 38.2. The molecular weight excluding hydrogens is 184 g/mol. The molecule has 0 amide bonds. The van der Waals surface area contributed by atoms with Crippen molar-refractivity contribution in [1.82, 2.24) is 10.2 Å². The SMILES string of the molecule is CC1CCC(N(C)C2CCCNCC2)C1. The minimum Gasteiger partial charge on any atom is -0.317 e. The van der Waals surface area contributed by atoms with Gasteiger partial charge in [0.25, 0.3) is 0 Å². The van der Waals surface area contributed by atoms with Gasteiger partial charge >= 0.3 is 0 Å². The minimum absolute atomic E-state index is 0.843. The lowest BCUT2D eigenvalue weighted by molar-refractivity contribution is 0.159. The van der Waals surface area contributed by atoms with Crippen molar-refractivity contribution in [1.29, 1.82) is 0 Å². The van der Waals surface area contributed by atoms with Gasteiger partial charge in [0, 0.05) is 12.1 Å². The monoisotopic (exact) mass is 210 g/mol. The van der Waals surface area contributed by atoms with E-state index in [0.717, 1.165) is 18.0 Å². The number of nitrogens with zero attached hydrogens (tertiary/aromatic N) is 1. The van der Waals surface area contributed by atoms with Crippen LogP contribution in [0.25, 0.3) is 0 Å². The van der Waals surface area contributed by atoms with Crippen molar-refractivity contribution in [2.45, 2.75) is 57.5 Å². The van der Waals surface area contributed by atoms with Gasteiger partial charge < -0.3 is 10.2 Å². The molecular formula is C13H26N2. The standard InChI is InChI=1S/C13H26N2/c1-11-5-6-13(10-11)15(2)12-4-3-8-14-9-7-12/h11-14H,3-10H2,1-2H3. The summed E-state index contributed by atoms with van der Waals surface area (Å²) in [4.78, 5) is 2.69. The first-order chi connectivity index (χ1) is 7.27. The van der Waals surface area contributed by atoms with Crippen molar-refractivity contribution in [3.8, 4) is 0 Å². The second kappa shape index (κ2) is 5.31. The second-order valence-electron chi connectivity index (χ2n) is 5.57. The molecule has 1 saturated carbocycles. The Morgan fingerprint density at radius 1 is 1.00 bits per heavy atom. The van der Waals surface area contributed by atoms with Gasteiger partial charge in [0.1, 0.15) is 0 Å². The van der Waals surface area contributed by atoms with Crippen LogP contribution >= 0.6 is 0 Å². The highest BCUT2D eigenvalue weighted by molar-refractivity contribution is 4.84. The molecule has 0 aromatic carbocycles. The highest BCUT2D eigenvalue weighted by Crippen LogP contribution is 2.30. The van der Waals surface area contributed by atoms with Crippen LogP contribution in [0, 0.1) is 5.92 Å². The molecule has 2 heteroatoms. The van der Waals surface area contributed by atoms with Crippen LogP contribution in [-0.4, -0.2) is 37.1 Å². The van der Waals surface area contributed by atoms with Crippen LogP contribution < -0.4 is 5.32 Å². The average molecular weight is 210 g/mol. The van der Waals surface area contributed by atoms with Gasteiger partial charge in [-0.3, -0.25) is 0 Å². The highest BCUT2D eigenvalue weighted by atomic mass is 15.2. The zero-order chi connectivity index (χ0) is 10.7. The molecule has 3 atom stereocenters. The van der Waals surface area contributed by atoms with E-state index in [9.17, 15) is 0 Å². The van der Waals surface area contributed by atoms with E-state index < -0.39 is 0 Å². The fourth-order valence-electron chi connectivity index (χ4n) is 3.25. The second-order valence-corrected chi connectivity index (χ2v) is 5.57. The first-order valence-corrected chi connectivity index (χ1v) is 6.70. The van der Waals surface area contributed by atoms with Gasteiger partial charge in [0.2, 0.25) is 0 Å². The Morgan fingerprint density at radius 2 is 1.87 bits per heavy atom. The Morgan fingerprint density at radius 3 is 2.60 bits per heavy atom. The zero-order valence-corrected chi connectivity index (χ0v) is 10.3. The summed E-state index contributed by atoms with van der Waals surface area (Å²) in [6.07, 6.45) is 8.41. The van der Waals surface area contributed by atoms with Crippen LogP contribution in [0.1, 0.15) is 45.4 Å². The quantitative estimate of drug-likeness (QED) is 0.752. The van der Waals surface area contributed by atoms with E-state index in [2.05, 4.69) is 24.2 Å². The molecule has 88 valence electrons. The van der Waals surface area contributed by atoms with Gasteiger partial charge in [-0.2, -0.15) is 0 Å². The molecule has 0 radical (unpaired) electrons. The molecule has 2 aliphatic rings. The fraction of sp³-hybridized carbons (Fsp3) is 1.00. The third-order valence-electron chi connectivity index (χ3n) is 4.36. The topological polar surface area (TPSA) is 15.3 Å². The maximum Gasteiger partial charge on any atom is 0.0108 e. The van der Waals surface area contributed by atoms with Crippen molar-refractivity contribution in [2.75, 3.05) is 20.1 Å². The van der Waals surface area contributed by atoms with Crippen LogP contribution in [0.3, 0.4) is 0 Å². The number of hydrogen-bond donors (Lipinski definition) is 1. The molecule has 1 heterocycles. The Kier molecular flexibility index (Phi) is 4.04. The van der Waals surface area contributed by atoms with Crippen molar-refractivity contribution >= 4 is 0 Å². The fourth-order valence-corrected chi connectivity index (χ4v) is 3.25. The van der Waals surface area contributed by atoms with Gasteiger partial charge in [0.15, 0.2) is 0 Å². The summed E-state index contributed by atoms with van der Waals surface area (Å²) in [7, 11) is 2.36. The third-order valence-corrected chi connectivity index (χ3v) is 4.36. The van der Waals surface area contributed by atoms with E-state index in [1.807, 2.05) is 0 Å². The lowest BCUT2D eigenvalue weighted by Gasteiger charge is -2.32. The highest BCUT2D eigenvalue weighted by Gasteiger charge is 2.28. The van der Waals surface area contributed by atoms with Gasteiger partial charge in [-0.15, -0.1) is 0 Å². The van der Waals surface area contributed by atoms with Crippen molar-refractivity contribution < 1.29 is 0 Å². The molecule has 1 saturated heterocycles. The van der Waals surface area contributed by atoms with Crippen LogP contribution in [0.5, 0.6) is 0 Å². The van der Waals surface area contributed by atoms with Gasteiger partial charge in [-0.25, -0.2) is 0 Å². The maximum absolute atomic E-state index is 3.50. The van der Waals surface area contributed by atoms with E-state index in [1.165, 1.54) is 51.6 Å². The predicted octanol–water partition coefficient (Wildman–Crippen LogP) is 2.25. The molecule has 1 aliphatic carbocycles. The van der Waals surface area contributed by atoms with Crippen LogP contribution in [0.2, 0.25) is 0 Å². The molecule has 2 rings (SSSR count). The number of hydrogen-bond acceptors (Lipinski definition) is 2. The first kappa shape index (κ1) is 11.4. The minimum atomic E-state index is 0.843. The summed E-state index contributed by atoms with van der Waals surface area (Å²) in [5.41, 5.74) is 0. The molecule has 2 nitrogen and oxygen atoms in total. The Bertz CT molecular complexity index is 185. The summed E-state index contributed by atoms with van der Waals surface area (Å²) >= 11 is 0. The Balaban J connectivity index is 1.85. The summed E-state index contributed by atoms with van der Waals surface area (Å²) in [6, 6.07) is 1.72. The molecule has 0 bridgehead atoms. The summed E-state index contributed by atoms with van der Waals surface area (Å²) in [5, 5.41) is 3.50. The number of rotatable bonds is 2. The van der Waals surface area contributed by atoms with Gasteiger partial charge in [-0.05, 0) is 64.6 Å². The number of nitrogens with one attached hydrogen (secondary N) is 1. The van der Waals surface area contributed by atoms with E-state index in [4.69, 9.17) is 0 Å². The molecule has 0 aromatic heterocycles. The molecule has 0 spiro atoms. The molecule has 1 N–H and O–H groups in total. The molecule has 3 unspecified atom stereocenters. The summed E-state index contributed by atoms with van der Waals surface area (Å²) in [6.45, 7) is 4.85. The van der Waals surface area contributed by atoms with Crippen LogP contribution in [0.15, 0.2) is 0 Å². The largest absolute Gasteiger partial charge is 0.317 e. The molecule has 1 aliphatic heterocycles. The summed E-state index contributed by atoms with van der Waals surface area (Å²) < 4.78 is 0. The molecule has 0 aromatic rings.